The maximum Gasteiger partial charge on any atom is 0.147 e. The van der Waals surface area contributed by atoms with E-state index in [1.807, 2.05) is 0 Å². The van der Waals surface area contributed by atoms with Gasteiger partial charge in [0.15, 0.2) is 0 Å². The highest BCUT2D eigenvalue weighted by molar-refractivity contribution is 7.90. The van der Waals surface area contributed by atoms with Crippen LogP contribution in [-0.4, -0.2) is 33.0 Å². The van der Waals surface area contributed by atoms with Crippen LogP contribution < -0.4 is 4.90 Å². The first-order valence-corrected chi connectivity index (χ1v) is 9.09. The standard InChI is InChI=1S/C15H23NO2S/c1-3-14-10-9-13-7-4-5-8-15(13)16(14)11-6-12-19(2,17)18/h4-5,7-8,14H,3,6,9-12H2,1-2H3/t14-/m1/s1. The van der Waals surface area contributed by atoms with Gasteiger partial charge < -0.3 is 4.90 Å². The highest BCUT2D eigenvalue weighted by Crippen LogP contribution is 2.31. The first-order chi connectivity index (χ1) is 9.01. The molecule has 0 radical (unpaired) electrons. The Labute approximate surface area is 116 Å². The minimum Gasteiger partial charge on any atom is -0.368 e. The van der Waals surface area contributed by atoms with Crippen LogP contribution in [0.5, 0.6) is 0 Å². The van der Waals surface area contributed by atoms with Crippen molar-refractivity contribution in [2.24, 2.45) is 0 Å². The van der Waals surface area contributed by atoms with Crippen molar-refractivity contribution in [3.63, 3.8) is 0 Å². The van der Waals surface area contributed by atoms with E-state index in [9.17, 15) is 8.42 Å². The maximum absolute atomic E-state index is 11.3. The van der Waals surface area contributed by atoms with Crippen LogP contribution in [0, 0.1) is 0 Å². The Morgan fingerprint density at radius 3 is 2.74 bits per heavy atom. The fraction of sp³-hybridized carbons (Fsp3) is 0.600. The van der Waals surface area contributed by atoms with Crippen molar-refractivity contribution in [3.8, 4) is 0 Å². The number of rotatable bonds is 5. The SMILES string of the molecule is CC[C@@H]1CCc2ccccc2N1CCCS(C)(=O)=O. The van der Waals surface area contributed by atoms with Gasteiger partial charge in [-0.3, -0.25) is 0 Å². The molecule has 0 bridgehead atoms. The van der Waals surface area contributed by atoms with Gasteiger partial charge in [-0.15, -0.1) is 0 Å². The smallest absolute Gasteiger partial charge is 0.147 e. The second-order valence-electron chi connectivity index (χ2n) is 5.41. The molecule has 0 amide bonds. The molecule has 0 unspecified atom stereocenters. The van der Waals surface area contributed by atoms with E-state index < -0.39 is 9.84 Å². The minimum atomic E-state index is -2.85. The van der Waals surface area contributed by atoms with Crippen molar-refractivity contribution in [2.75, 3.05) is 23.5 Å². The molecule has 0 spiro atoms. The van der Waals surface area contributed by atoms with Crippen LogP contribution in [0.2, 0.25) is 0 Å². The zero-order valence-corrected chi connectivity index (χ0v) is 12.6. The summed E-state index contributed by atoms with van der Waals surface area (Å²) in [6, 6.07) is 9.05. The Hall–Kier alpha value is -1.03. The monoisotopic (exact) mass is 281 g/mol. The summed E-state index contributed by atoms with van der Waals surface area (Å²) >= 11 is 0. The van der Waals surface area contributed by atoms with Gasteiger partial charge in [-0.05, 0) is 37.3 Å². The zero-order chi connectivity index (χ0) is 13.9. The van der Waals surface area contributed by atoms with E-state index in [0.29, 0.717) is 12.5 Å². The number of para-hydroxylation sites is 1. The van der Waals surface area contributed by atoms with Crippen molar-refractivity contribution in [1.82, 2.24) is 0 Å². The van der Waals surface area contributed by atoms with E-state index >= 15 is 0 Å². The minimum absolute atomic E-state index is 0.280. The average Bonchev–Trinajstić information content (AvgIpc) is 2.37. The molecule has 0 aliphatic carbocycles. The Morgan fingerprint density at radius 2 is 2.05 bits per heavy atom. The van der Waals surface area contributed by atoms with Gasteiger partial charge in [0.1, 0.15) is 9.84 Å². The predicted octanol–water partition coefficient (Wildman–Crippen LogP) is 2.65. The average molecular weight is 281 g/mol. The van der Waals surface area contributed by atoms with Crippen LogP contribution in [0.1, 0.15) is 31.7 Å². The summed E-state index contributed by atoms with van der Waals surface area (Å²) in [7, 11) is -2.85. The van der Waals surface area contributed by atoms with Crippen molar-refractivity contribution in [1.29, 1.82) is 0 Å². The fourth-order valence-corrected chi connectivity index (χ4v) is 3.56. The second kappa shape index (κ2) is 5.95. The zero-order valence-electron chi connectivity index (χ0n) is 11.8. The molecular formula is C15H23NO2S. The van der Waals surface area contributed by atoms with E-state index in [-0.39, 0.29) is 5.75 Å². The molecule has 3 nitrogen and oxygen atoms in total. The molecule has 0 fully saturated rings. The van der Waals surface area contributed by atoms with Crippen LogP contribution in [0.4, 0.5) is 5.69 Å². The highest BCUT2D eigenvalue weighted by Gasteiger charge is 2.24. The summed E-state index contributed by atoms with van der Waals surface area (Å²) in [6.45, 7) is 3.05. The molecule has 1 aliphatic heterocycles. The normalized spacial score (nSPS) is 19.3. The molecule has 4 heteroatoms. The van der Waals surface area contributed by atoms with Crippen molar-refractivity contribution in [3.05, 3.63) is 29.8 Å². The van der Waals surface area contributed by atoms with Gasteiger partial charge in [0.25, 0.3) is 0 Å². The van der Waals surface area contributed by atoms with Crippen LogP contribution in [0.15, 0.2) is 24.3 Å². The van der Waals surface area contributed by atoms with E-state index in [1.165, 1.54) is 23.9 Å². The number of fused-ring (bicyclic) bond motifs is 1. The Balaban J connectivity index is 2.11. The number of hydrogen-bond donors (Lipinski definition) is 0. The predicted molar refractivity (Wildman–Crippen MR) is 80.5 cm³/mol. The number of benzene rings is 1. The Kier molecular flexibility index (Phi) is 4.50. The molecule has 106 valence electrons. The molecule has 1 aromatic rings. The molecule has 1 aliphatic rings. The van der Waals surface area contributed by atoms with Gasteiger partial charge in [-0.1, -0.05) is 25.1 Å². The van der Waals surface area contributed by atoms with Gasteiger partial charge in [-0.2, -0.15) is 0 Å². The third-order valence-corrected chi connectivity index (χ3v) is 4.90. The number of sulfone groups is 1. The molecule has 19 heavy (non-hydrogen) atoms. The van der Waals surface area contributed by atoms with Crippen LogP contribution >= 0.6 is 0 Å². The van der Waals surface area contributed by atoms with Gasteiger partial charge in [0.05, 0.1) is 5.75 Å². The lowest BCUT2D eigenvalue weighted by Gasteiger charge is -2.38. The Morgan fingerprint density at radius 1 is 1.32 bits per heavy atom. The number of hydrogen-bond acceptors (Lipinski definition) is 3. The van der Waals surface area contributed by atoms with Crippen LogP contribution in [0.3, 0.4) is 0 Å². The van der Waals surface area contributed by atoms with Gasteiger partial charge in [0, 0.05) is 24.5 Å². The lowest BCUT2D eigenvalue weighted by atomic mass is 9.94. The molecule has 1 aromatic carbocycles. The molecule has 0 saturated heterocycles. The number of aryl methyl sites for hydroxylation is 1. The van der Waals surface area contributed by atoms with E-state index in [2.05, 4.69) is 36.1 Å². The molecule has 0 N–H and O–H groups in total. The van der Waals surface area contributed by atoms with Gasteiger partial charge >= 0.3 is 0 Å². The first kappa shape index (κ1) is 14.4. The number of anilines is 1. The number of nitrogens with zero attached hydrogens (tertiary/aromatic N) is 1. The largest absolute Gasteiger partial charge is 0.368 e. The lowest BCUT2D eigenvalue weighted by molar-refractivity contribution is 0.510. The van der Waals surface area contributed by atoms with Crippen molar-refractivity contribution >= 4 is 15.5 Å². The van der Waals surface area contributed by atoms with Crippen molar-refractivity contribution in [2.45, 2.75) is 38.6 Å². The third-order valence-electron chi connectivity index (χ3n) is 3.87. The maximum atomic E-state index is 11.3. The molecule has 1 atom stereocenters. The first-order valence-electron chi connectivity index (χ1n) is 7.03. The van der Waals surface area contributed by atoms with Crippen LogP contribution in [-0.2, 0) is 16.3 Å². The van der Waals surface area contributed by atoms with Gasteiger partial charge in [-0.25, -0.2) is 8.42 Å². The van der Waals surface area contributed by atoms with E-state index in [0.717, 1.165) is 19.4 Å². The molecular weight excluding hydrogens is 258 g/mol. The summed E-state index contributed by atoms with van der Waals surface area (Å²) in [5.74, 6) is 0.280. The molecule has 0 saturated carbocycles. The second-order valence-corrected chi connectivity index (χ2v) is 7.67. The van der Waals surface area contributed by atoms with E-state index in [4.69, 9.17) is 0 Å². The fourth-order valence-electron chi connectivity index (χ4n) is 2.90. The van der Waals surface area contributed by atoms with Crippen molar-refractivity contribution < 1.29 is 8.42 Å². The molecule has 1 heterocycles. The molecule has 0 aromatic heterocycles. The third kappa shape index (κ3) is 3.72. The van der Waals surface area contributed by atoms with E-state index in [1.54, 1.807) is 0 Å². The Bertz CT molecular complexity index is 525. The molecule has 2 rings (SSSR count). The lowest BCUT2D eigenvalue weighted by Crippen LogP contribution is -2.40. The summed E-state index contributed by atoms with van der Waals surface area (Å²) in [6.07, 6.45) is 5.45. The summed E-state index contributed by atoms with van der Waals surface area (Å²) in [5.41, 5.74) is 2.70. The van der Waals surface area contributed by atoms with Gasteiger partial charge in [0.2, 0.25) is 0 Å². The quantitative estimate of drug-likeness (QED) is 0.832. The highest BCUT2D eigenvalue weighted by atomic mass is 32.2. The topological polar surface area (TPSA) is 37.4 Å². The summed E-state index contributed by atoms with van der Waals surface area (Å²) < 4.78 is 22.5. The summed E-state index contributed by atoms with van der Waals surface area (Å²) in [5, 5.41) is 0. The van der Waals surface area contributed by atoms with Crippen LogP contribution in [0.25, 0.3) is 0 Å². The summed E-state index contributed by atoms with van der Waals surface area (Å²) in [4.78, 5) is 2.41.